The number of nitrogens with two attached hydrogens (primary N) is 1. The fourth-order valence-electron chi connectivity index (χ4n) is 2.85. The van der Waals surface area contributed by atoms with Crippen LogP contribution in [0.25, 0.3) is 11.0 Å². The molecule has 0 radical (unpaired) electrons. The third-order valence-electron chi connectivity index (χ3n) is 4.22. The Kier molecular flexibility index (Phi) is 2.44. The van der Waals surface area contributed by atoms with E-state index in [0.29, 0.717) is 5.41 Å². The number of imidazole rings is 1. The van der Waals surface area contributed by atoms with Crippen molar-refractivity contribution in [3.05, 3.63) is 30.1 Å². The van der Waals surface area contributed by atoms with E-state index in [2.05, 4.69) is 27.8 Å². The molecule has 1 aliphatic carbocycles. The van der Waals surface area contributed by atoms with Gasteiger partial charge in [-0.15, -0.1) is 0 Å². The minimum atomic E-state index is 0.377. The van der Waals surface area contributed by atoms with Crippen molar-refractivity contribution in [2.45, 2.75) is 25.7 Å². The van der Waals surface area contributed by atoms with E-state index in [9.17, 15) is 0 Å². The lowest BCUT2D eigenvalue weighted by atomic mass is 9.65. The van der Waals surface area contributed by atoms with Crippen LogP contribution in [0.2, 0.25) is 0 Å². The zero-order valence-corrected chi connectivity index (χ0v) is 10.3. The third kappa shape index (κ3) is 1.75. The van der Waals surface area contributed by atoms with E-state index < -0.39 is 0 Å². The van der Waals surface area contributed by atoms with Gasteiger partial charge in [0.05, 0.1) is 17.4 Å². The maximum atomic E-state index is 5.91. The summed E-state index contributed by atoms with van der Waals surface area (Å²) in [6.45, 7) is 0.813. The van der Waals surface area contributed by atoms with E-state index in [1.54, 1.807) is 0 Å². The quantitative estimate of drug-likeness (QED) is 0.877. The lowest BCUT2D eigenvalue weighted by Crippen LogP contribution is -2.39. The molecule has 1 aromatic heterocycles. The van der Waals surface area contributed by atoms with E-state index in [0.717, 1.165) is 18.5 Å². The summed E-state index contributed by atoms with van der Waals surface area (Å²) in [7, 11) is 2.03. The van der Waals surface area contributed by atoms with Crippen LogP contribution >= 0.6 is 0 Å². The molecule has 1 saturated carbocycles. The van der Waals surface area contributed by atoms with Crippen molar-refractivity contribution in [3.63, 3.8) is 0 Å². The molecule has 0 spiro atoms. The second-order valence-corrected chi connectivity index (χ2v) is 5.41. The molecular weight excluding hydrogens is 210 g/mol. The Morgan fingerprint density at radius 2 is 2.24 bits per heavy atom. The topological polar surface area (TPSA) is 43.8 Å². The largest absolute Gasteiger partial charge is 0.334 e. The molecule has 0 saturated heterocycles. The Bertz CT molecular complexity index is 532. The summed E-state index contributed by atoms with van der Waals surface area (Å²) in [4.78, 5) is 4.41. The van der Waals surface area contributed by atoms with Crippen LogP contribution in [0, 0.1) is 5.41 Å². The zero-order valence-electron chi connectivity index (χ0n) is 10.3. The molecule has 3 nitrogen and oxygen atoms in total. The van der Waals surface area contributed by atoms with Crippen molar-refractivity contribution in [2.24, 2.45) is 18.2 Å². The standard InChI is InChI=1S/C14H19N3/c1-17-10-16-12-7-11(3-4-13(12)17)8-14(9-15)5-2-6-14/h3-4,7,10H,2,5-6,8-9,15H2,1H3. The van der Waals surface area contributed by atoms with Crippen molar-refractivity contribution >= 4 is 11.0 Å². The van der Waals surface area contributed by atoms with Crippen LogP contribution in [0.15, 0.2) is 24.5 Å². The summed E-state index contributed by atoms with van der Waals surface area (Å²) in [5.74, 6) is 0. The first kappa shape index (κ1) is 10.8. The fourth-order valence-corrected chi connectivity index (χ4v) is 2.85. The van der Waals surface area contributed by atoms with Crippen molar-refractivity contribution in [2.75, 3.05) is 6.54 Å². The third-order valence-corrected chi connectivity index (χ3v) is 4.22. The molecule has 2 N–H and O–H groups in total. The Morgan fingerprint density at radius 3 is 2.88 bits per heavy atom. The van der Waals surface area contributed by atoms with E-state index in [1.165, 1.54) is 30.3 Å². The van der Waals surface area contributed by atoms with Crippen LogP contribution in [0.1, 0.15) is 24.8 Å². The molecule has 0 unspecified atom stereocenters. The number of hydrogen-bond acceptors (Lipinski definition) is 2. The van der Waals surface area contributed by atoms with Crippen molar-refractivity contribution < 1.29 is 0 Å². The van der Waals surface area contributed by atoms with Gasteiger partial charge >= 0.3 is 0 Å². The van der Waals surface area contributed by atoms with Crippen LogP contribution in [0.4, 0.5) is 0 Å². The smallest absolute Gasteiger partial charge is 0.0955 e. The molecule has 17 heavy (non-hydrogen) atoms. The van der Waals surface area contributed by atoms with Crippen molar-refractivity contribution in [1.82, 2.24) is 9.55 Å². The molecule has 0 aliphatic heterocycles. The number of rotatable bonds is 3. The van der Waals surface area contributed by atoms with Crippen LogP contribution < -0.4 is 5.73 Å². The summed E-state index contributed by atoms with van der Waals surface area (Å²) in [6.07, 6.45) is 6.88. The zero-order chi connectivity index (χ0) is 11.9. The Hall–Kier alpha value is -1.35. The summed E-state index contributed by atoms with van der Waals surface area (Å²) in [5.41, 5.74) is 9.96. The van der Waals surface area contributed by atoms with Gasteiger partial charge in [0.15, 0.2) is 0 Å². The Morgan fingerprint density at radius 1 is 1.41 bits per heavy atom. The number of hydrogen-bond donors (Lipinski definition) is 1. The number of aromatic nitrogens is 2. The number of benzene rings is 1. The second kappa shape index (κ2) is 3.84. The lowest BCUT2D eigenvalue weighted by Gasteiger charge is -2.41. The Labute approximate surface area is 102 Å². The highest BCUT2D eigenvalue weighted by atomic mass is 15.0. The van der Waals surface area contributed by atoms with E-state index in [-0.39, 0.29) is 0 Å². The monoisotopic (exact) mass is 229 g/mol. The fraction of sp³-hybridized carbons (Fsp3) is 0.500. The number of aryl methyl sites for hydroxylation is 1. The van der Waals surface area contributed by atoms with Gasteiger partial charge in [-0.1, -0.05) is 12.5 Å². The maximum absolute atomic E-state index is 5.91. The summed E-state index contributed by atoms with van der Waals surface area (Å²) < 4.78 is 2.06. The summed E-state index contributed by atoms with van der Waals surface area (Å²) in [6, 6.07) is 6.60. The van der Waals surface area contributed by atoms with Gasteiger partial charge in [0.1, 0.15) is 0 Å². The first-order chi connectivity index (χ1) is 8.22. The molecule has 3 heteroatoms. The molecule has 2 aromatic rings. The normalized spacial score (nSPS) is 18.2. The summed E-state index contributed by atoms with van der Waals surface area (Å²) in [5, 5.41) is 0. The molecule has 0 bridgehead atoms. The minimum Gasteiger partial charge on any atom is -0.334 e. The van der Waals surface area contributed by atoms with Gasteiger partial charge < -0.3 is 10.3 Å². The molecule has 3 rings (SSSR count). The van der Waals surface area contributed by atoms with E-state index in [4.69, 9.17) is 5.73 Å². The average molecular weight is 229 g/mol. The Balaban J connectivity index is 1.90. The molecule has 0 amide bonds. The predicted octanol–water partition coefficient (Wildman–Crippen LogP) is 2.24. The molecule has 1 fully saturated rings. The van der Waals surface area contributed by atoms with Crippen LogP contribution in [-0.2, 0) is 13.5 Å². The van der Waals surface area contributed by atoms with Crippen LogP contribution in [-0.4, -0.2) is 16.1 Å². The molecule has 90 valence electrons. The van der Waals surface area contributed by atoms with Gasteiger partial charge in [-0.3, -0.25) is 0 Å². The number of fused-ring (bicyclic) bond motifs is 1. The molecule has 0 atom stereocenters. The van der Waals surface area contributed by atoms with E-state index >= 15 is 0 Å². The van der Waals surface area contributed by atoms with Gasteiger partial charge in [0.2, 0.25) is 0 Å². The predicted molar refractivity (Wildman–Crippen MR) is 69.8 cm³/mol. The van der Waals surface area contributed by atoms with Gasteiger partial charge in [0, 0.05) is 7.05 Å². The second-order valence-electron chi connectivity index (χ2n) is 5.41. The summed E-state index contributed by atoms with van der Waals surface area (Å²) >= 11 is 0. The maximum Gasteiger partial charge on any atom is 0.0955 e. The average Bonchev–Trinajstić information content (AvgIpc) is 2.65. The van der Waals surface area contributed by atoms with Crippen LogP contribution in [0.5, 0.6) is 0 Å². The highest BCUT2D eigenvalue weighted by Crippen LogP contribution is 2.42. The number of nitrogens with zero attached hydrogens (tertiary/aromatic N) is 2. The molecule has 1 aliphatic rings. The first-order valence-corrected chi connectivity index (χ1v) is 6.32. The minimum absolute atomic E-state index is 0.377. The van der Waals surface area contributed by atoms with Gasteiger partial charge in [-0.2, -0.15) is 0 Å². The van der Waals surface area contributed by atoms with Gasteiger partial charge in [-0.05, 0) is 48.9 Å². The van der Waals surface area contributed by atoms with E-state index in [1.807, 2.05) is 13.4 Å². The van der Waals surface area contributed by atoms with Gasteiger partial charge in [-0.25, -0.2) is 4.98 Å². The lowest BCUT2D eigenvalue weighted by molar-refractivity contribution is 0.145. The SMILES string of the molecule is Cn1cnc2cc(CC3(CN)CCC3)ccc21. The van der Waals surface area contributed by atoms with Crippen molar-refractivity contribution in [1.29, 1.82) is 0 Å². The van der Waals surface area contributed by atoms with Crippen molar-refractivity contribution in [3.8, 4) is 0 Å². The van der Waals surface area contributed by atoms with Crippen LogP contribution in [0.3, 0.4) is 0 Å². The molecule has 1 aromatic carbocycles. The van der Waals surface area contributed by atoms with Gasteiger partial charge in [0.25, 0.3) is 0 Å². The highest BCUT2D eigenvalue weighted by Gasteiger charge is 2.35. The molecule has 1 heterocycles. The first-order valence-electron chi connectivity index (χ1n) is 6.32. The molecular formula is C14H19N3. The highest BCUT2D eigenvalue weighted by molar-refractivity contribution is 5.75.